The van der Waals surface area contributed by atoms with Gasteiger partial charge in [0, 0.05) is 0 Å². The number of benzene rings is 1. The van der Waals surface area contributed by atoms with Crippen LogP contribution >= 0.6 is 0 Å². The van der Waals surface area contributed by atoms with Gasteiger partial charge in [-0.1, -0.05) is 12.1 Å². The van der Waals surface area contributed by atoms with Gasteiger partial charge in [-0.15, -0.1) is 0 Å². The Morgan fingerprint density at radius 3 is 1.83 bits per heavy atom. The highest BCUT2D eigenvalue weighted by Gasteiger charge is 2.75. The number of ether oxygens (including phenoxy) is 6. The molecule has 0 unspecified atom stereocenters. The number of nitrogens with zero attached hydrogens (tertiary/aromatic N) is 3. The zero-order valence-electron chi connectivity index (χ0n) is 23.3. The minimum Gasteiger partial charge on any atom is -0.469 e. The molecule has 2 aliphatic heterocycles. The third kappa shape index (κ3) is 3.64. The van der Waals surface area contributed by atoms with Gasteiger partial charge >= 0.3 is 35.8 Å². The van der Waals surface area contributed by atoms with Crippen LogP contribution < -0.4 is 4.90 Å². The maximum absolute atomic E-state index is 14.2. The van der Waals surface area contributed by atoms with Gasteiger partial charge in [-0.05, 0) is 12.1 Å². The predicted molar refractivity (Wildman–Crippen MR) is 136 cm³/mol. The van der Waals surface area contributed by atoms with E-state index in [1.165, 1.54) is 24.3 Å². The zero-order valence-corrected chi connectivity index (χ0v) is 23.3. The number of carbonyl (C=O) groups is 6. The molecule has 0 bridgehead atoms. The molecule has 0 saturated carbocycles. The predicted octanol–water partition coefficient (Wildman–Crippen LogP) is 0.244. The number of hydrogen-bond acceptors (Lipinski definition) is 14. The van der Waals surface area contributed by atoms with E-state index in [-0.39, 0.29) is 11.4 Å². The van der Waals surface area contributed by atoms with E-state index in [0.29, 0.717) is 0 Å². The highest BCUT2D eigenvalue weighted by Crippen LogP contribution is 2.59. The summed E-state index contributed by atoms with van der Waals surface area (Å²) in [6, 6.07) is 6.05. The number of anilines is 1. The number of aromatic nitrogens is 1. The molecule has 0 radical (unpaired) electrons. The molecule has 0 N–H and O–H groups in total. The van der Waals surface area contributed by atoms with Crippen LogP contribution in [0.15, 0.2) is 24.3 Å². The second-order valence-corrected chi connectivity index (χ2v) is 9.01. The molecule has 1 aromatic carbocycles. The van der Waals surface area contributed by atoms with Crippen LogP contribution in [0.1, 0.15) is 32.1 Å². The summed E-state index contributed by atoms with van der Waals surface area (Å²) in [5, 5.41) is 10.5. The lowest BCUT2D eigenvalue weighted by molar-refractivity contribution is -0.165. The number of para-hydroxylation sites is 2. The average molecular weight is 584 g/mol. The smallest absolute Gasteiger partial charge is 0.356 e. The first-order chi connectivity index (χ1) is 20.1. The van der Waals surface area contributed by atoms with E-state index >= 15 is 0 Å². The van der Waals surface area contributed by atoms with E-state index in [4.69, 9.17) is 28.4 Å². The van der Waals surface area contributed by atoms with E-state index in [1.807, 2.05) is 6.07 Å². The fourth-order valence-corrected chi connectivity index (χ4v) is 6.00. The van der Waals surface area contributed by atoms with Crippen molar-refractivity contribution < 1.29 is 57.2 Å². The first-order valence-corrected chi connectivity index (χ1v) is 12.1. The number of rotatable bonds is 6. The fraction of sp³-hybridized carbons (Fsp3) is 0.370. The van der Waals surface area contributed by atoms with E-state index in [1.54, 1.807) is 0 Å². The third-order valence-electron chi connectivity index (χ3n) is 7.47. The van der Waals surface area contributed by atoms with Crippen LogP contribution in [-0.2, 0) is 53.1 Å². The molecule has 42 heavy (non-hydrogen) atoms. The lowest BCUT2D eigenvalue weighted by Crippen LogP contribution is -2.60. The highest BCUT2D eigenvalue weighted by molar-refractivity contribution is 6.10. The summed E-state index contributed by atoms with van der Waals surface area (Å²) >= 11 is 0. The molecule has 1 fully saturated rings. The summed E-state index contributed by atoms with van der Waals surface area (Å²) in [5.41, 5.74) is -4.65. The Hall–Kier alpha value is -5.39. The Bertz CT molecular complexity index is 1570. The molecule has 15 heteroatoms. The van der Waals surface area contributed by atoms with Crippen LogP contribution in [0.25, 0.3) is 5.69 Å². The standard InChI is InChI=1S/C27H25N3O12/c1-37-21(31)15-12(11-28)20-27(26(36)42-6)17(23(33)39-3)16(22(32)38-2)19(25(35)41-5)30(27)14-10-8-7-9-13(14)29(20)18(15)24(34)40-4/h7-10,16-17,19H,1-6H3/t16-,17-,19+,27+/m1/s1. The number of hydrogen-bond donors (Lipinski definition) is 0. The number of fused-ring (bicyclic) bond motifs is 6. The van der Waals surface area contributed by atoms with E-state index < -0.39 is 81.7 Å². The Morgan fingerprint density at radius 2 is 1.33 bits per heavy atom. The van der Waals surface area contributed by atoms with Crippen LogP contribution in [0.3, 0.4) is 0 Å². The van der Waals surface area contributed by atoms with Crippen molar-refractivity contribution in [3.8, 4) is 11.8 Å². The third-order valence-corrected chi connectivity index (χ3v) is 7.47. The zero-order chi connectivity index (χ0) is 31.1. The number of methoxy groups -OCH3 is 6. The van der Waals surface area contributed by atoms with E-state index in [2.05, 4.69) is 0 Å². The van der Waals surface area contributed by atoms with Crippen LogP contribution in [0, 0.1) is 23.2 Å². The summed E-state index contributed by atoms with van der Waals surface area (Å²) < 4.78 is 31.1. The molecule has 0 spiro atoms. The van der Waals surface area contributed by atoms with Gasteiger partial charge in [0.1, 0.15) is 35.2 Å². The van der Waals surface area contributed by atoms with Crippen LogP contribution in [0.4, 0.5) is 5.69 Å². The van der Waals surface area contributed by atoms with Gasteiger partial charge < -0.3 is 37.9 Å². The lowest BCUT2D eigenvalue weighted by Gasteiger charge is -2.46. The lowest BCUT2D eigenvalue weighted by atomic mass is 9.74. The SMILES string of the molecule is COC(=O)c1c(C#N)c2n(c1C(=O)OC)-c1ccccc1N1[C@H](C(=O)OC)[C@H](C(=O)OC)[C@H](C(=O)OC)[C@@]21C(=O)OC. The summed E-state index contributed by atoms with van der Waals surface area (Å²) in [6.45, 7) is 0. The second-order valence-electron chi connectivity index (χ2n) is 9.01. The van der Waals surface area contributed by atoms with Crippen molar-refractivity contribution in [3.05, 3.63) is 46.8 Å². The summed E-state index contributed by atoms with van der Waals surface area (Å²) in [4.78, 5) is 82.3. The summed E-state index contributed by atoms with van der Waals surface area (Å²) in [5.74, 6) is -10.6. The van der Waals surface area contributed by atoms with Gasteiger partial charge in [-0.25, -0.2) is 19.2 Å². The van der Waals surface area contributed by atoms with Gasteiger partial charge in [-0.2, -0.15) is 5.26 Å². The number of carbonyl (C=O) groups excluding carboxylic acids is 6. The normalized spacial score (nSPS) is 21.5. The molecule has 2 aliphatic rings. The van der Waals surface area contributed by atoms with E-state index in [9.17, 15) is 34.0 Å². The Balaban J connectivity index is 2.40. The van der Waals surface area contributed by atoms with Crippen molar-refractivity contribution in [2.45, 2.75) is 11.6 Å². The van der Waals surface area contributed by atoms with Crippen molar-refractivity contribution in [2.24, 2.45) is 11.8 Å². The van der Waals surface area contributed by atoms with Crippen molar-refractivity contribution in [2.75, 3.05) is 47.6 Å². The van der Waals surface area contributed by atoms with Crippen molar-refractivity contribution in [1.29, 1.82) is 5.26 Å². The molecule has 4 atom stereocenters. The molecule has 1 saturated heterocycles. The van der Waals surface area contributed by atoms with Gasteiger partial charge in [0.25, 0.3) is 0 Å². The minimum atomic E-state index is -2.59. The molecule has 15 nitrogen and oxygen atoms in total. The summed E-state index contributed by atoms with van der Waals surface area (Å²) in [7, 11) is 6.04. The van der Waals surface area contributed by atoms with Crippen LogP contribution in [0.5, 0.6) is 0 Å². The number of esters is 6. The Labute approximate surface area is 238 Å². The maximum Gasteiger partial charge on any atom is 0.356 e. The van der Waals surface area contributed by atoms with Gasteiger partial charge in [-0.3, -0.25) is 9.59 Å². The van der Waals surface area contributed by atoms with Crippen LogP contribution in [-0.4, -0.2) is 89.1 Å². The van der Waals surface area contributed by atoms with Gasteiger partial charge in [0.05, 0.1) is 65.3 Å². The van der Waals surface area contributed by atoms with E-state index in [0.717, 1.165) is 52.1 Å². The monoisotopic (exact) mass is 583 g/mol. The quantitative estimate of drug-likeness (QED) is 0.332. The molecule has 0 aliphatic carbocycles. The Morgan fingerprint density at radius 1 is 0.762 bits per heavy atom. The highest BCUT2D eigenvalue weighted by atomic mass is 16.6. The second kappa shape index (κ2) is 10.9. The van der Waals surface area contributed by atoms with Gasteiger partial charge in [0.15, 0.2) is 5.54 Å². The number of nitriles is 1. The fourth-order valence-electron chi connectivity index (χ4n) is 6.00. The van der Waals surface area contributed by atoms with Crippen LogP contribution in [0.2, 0.25) is 0 Å². The summed E-state index contributed by atoms with van der Waals surface area (Å²) in [6.07, 6.45) is 0. The van der Waals surface area contributed by atoms with Crippen molar-refractivity contribution in [3.63, 3.8) is 0 Å². The largest absolute Gasteiger partial charge is 0.469 e. The average Bonchev–Trinajstić information content (AvgIpc) is 3.55. The molecular formula is C27H25N3O12. The molecule has 0 amide bonds. The maximum atomic E-state index is 14.2. The topological polar surface area (TPSA) is 190 Å². The Kier molecular flexibility index (Phi) is 7.67. The molecule has 220 valence electrons. The molecule has 4 rings (SSSR count). The van der Waals surface area contributed by atoms with Gasteiger partial charge in [0.2, 0.25) is 0 Å². The first-order valence-electron chi connectivity index (χ1n) is 12.1. The molecule has 1 aromatic heterocycles. The first kappa shape index (κ1) is 29.6. The molecular weight excluding hydrogens is 558 g/mol. The van der Waals surface area contributed by atoms with Crippen molar-refractivity contribution in [1.82, 2.24) is 4.57 Å². The van der Waals surface area contributed by atoms with Crippen molar-refractivity contribution >= 4 is 41.5 Å². The minimum absolute atomic E-state index is 0.0205. The molecule has 3 heterocycles. The molecule has 2 aromatic rings.